The summed E-state index contributed by atoms with van der Waals surface area (Å²) in [5.74, 6) is -0.414. The third kappa shape index (κ3) is 2.74. The summed E-state index contributed by atoms with van der Waals surface area (Å²) < 4.78 is 13.9. The first-order valence-corrected chi connectivity index (χ1v) is 5.80. The molecule has 0 heterocycles. The number of rotatable bonds is 2. The lowest BCUT2D eigenvalue weighted by atomic mass is 10.2. The van der Waals surface area contributed by atoms with E-state index in [1.807, 2.05) is 24.3 Å². The van der Waals surface area contributed by atoms with Gasteiger partial charge in [-0.1, -0.05) is 27.5 Å². The van der Waals surface area contributed by atoms with Gasteiger partial charge in [-0.3, -0.25) is 0 Å². The quantitative estimate of drug-likeness (QED) is 0.824. The molecule has 0 spiro atoms. The average molecular weight is 301 g/mol. The Balaban J connectivity index is 2.20. The van der Waals surface area contributed by atoms with E-state index in [0.29, 0.717) is 0 Å². The van der Waals surface area contributed by atoms with Crippen LogP contribution in [0.25, 0.3) is 0 Å². The van der Waals surface area contributed by atoms with Crippen LogP contribution in [-0.4, -0.2) is 0 Å². The molecule has 0 aromatic heterocycles. The summed E-state index contributed by atoms with van der Waals surface area (Å²) in [5.41, 5.74) is 1.68. The van der Waals surface area contributed by atoms with E-state index in [9.17, 15) is 4.39 Å². The lowest BCUT2D eigenvalue weighted by molar-refractivity contribution is 0.628. The standard InChI is InChI=1S/C12H8BrClFN/c13-8-1-3-9(4-2-8)16-10-5-6-12(15)11(14)7-10/h1-7,16H. The van der Waals surface area contributed by atoms with Gasteiger partial charge >= 0.3 is 0 Å². The first-order valence-electron chi connectivity index (χ1n) is 4.63. The molecule has 2 aromatic rings. The Bertz CT molecular complexity index is 499. The molecule has 0 saturated carbocycles. The van der Waals surface area contributed by atoms with Gasteiger partial charge in [0, 0.05) is 15.8 Å². The number of anilines is 2. The average Bonchev–Trinajstić information content (AvgIpc) is 2.27. The Morgan fingerprint density at radius 3 is 2.25 bits per heavy atom. The SMILES string of the molecule is Fc1ccc(Nc2ccc(Br)cc2)cc1Cl. The second-order valence-corrected chi connectivity index (χ2v) is 4.58. The Kier molecular flexibility index (Phi) is 3.46. The van der Waals surface area contributed by atoms with Gasteiger partial charge in [0.2, 0.25) is 0 Å². The largest absolute Gasteiger partial charge is 0.355 e. The van der Waals surface area contributed by atoms with Crippen molar-refractivity contribution in [2.45, 2.75) is 0 Å². The third-order valence-electron chi connectivity index (χ3n) is 2.05. The predicted molar refractivity (Wildman–Crippen MR) is 68.8 cm³/mol. The summed E-state index contributed by atoms with van der Waals surface area (Å²) in [5, 5.41) is 3.24. The normalized spacial score (nSPS) is 10.2. The molecular formula is C12H8BrClFN. The van der Waals surface area contributed by atoms with Gasteiger partial charge in [-0.2, -0.15) is 0 Å². The summed E-state index contributed by atoms with van der Waals surface area (Å²) in [4.78, 5) is 0. The number of hydrogen-bond donors (Lipinski definition) is 1. The number of hydrogen-bond acceptors (Lipinski definition) is 1. The van der Waals surface area contributed by atoms with Crippen molar-refractivity contribution in [1.29, 1.82) is 0 Å². The van der Waals surface area contributed by atoms with Crippen molar-refractivity contribution in [1.82, 2.24) is 0 Å². The van der Waals surface area contributed by atoms with E-state index in [2.05, 4.69) is 21.2 Å². The van der Waals surface area contributed by atoms with E-state index in [4.69, 9.17) is 11.6 Å². The van der Waals surface area contributed by atoms with Gasteiger partial charge in [0.25, 0.3) is 0 Å². The highest BCUT2D eigenvalue weighted by Crippen LogP contribution is 2.23. The van der Waals surface area contributed by atoms with Crippen LogP contribution < -0.4 is 5.32 Å². The monoisotopic (exact) mass is 299 g/mol. The van der Waals surface area contributed by atoms with Crippen LogP contribution in [-0.2, 0) is 0 Å². The molecule has 0 radical (unpaired) electrons. The Morgan fingerprint density at radius 1 is 1.00 bits per heavy atom. The molecule has 0 aliphatic carbocycles. The maximum absolute atomic E-state index is 12.9. The van der Waals surface area contributed by atoms with Crippen LogP contribution in [0.3, 0.4) is 0 Å². The molecule has 0 unspecified atom stereocenters. The lowest BCUT2D eigenvalue weighted by Crippen LogP contribution is -1.90. The molecule has 2 rings (SSSR count). The molecule has 0 aliphatic heterocycles. The summed E-state index contributed by atoms with van der Waals surface area (Å²) in [6.07, 6.45) is 0. The highest BCUT2D eigenvalue weighted by Gasteiger charge is 2.00. The topological polar surface area (TPSA) is 12.0 Å². The zero-order valence-electron chi connectivity index (χ0n) is 8.18. The minimum atomic E-state index is -0.414. The van der Waals surface area contributed by atoms with Crippen molar-refractivity contribution in [3.05, 3.63) is 57.8 Å². The highest BCUT2D eigenvalue weighted by molar-refractivity contribution is 9.10. The smallest absolute Gasteiger partial charge is 0.141 e. The molecule has 2 aromatic carbocycles. The van der Waals surface area contributed by atoms with Gasteiger partial charge in [-0.05, 0) is 42.5 Å². The van der Waals surface area contributed by atoms with E-state index in [-0.39, 0.29) is 5.02 Å². The summed E-state index contributed by atoms with van der Waals surface area (Å²) >= 11 is 9.04. The molecule has 16 heavy (non-hydrogen) atoms. The van der Waals surface area contributed by atoms with Gasteiger partial charge in [-0.15, -0.1) is 0 Å². The second-order valence-electron chi connectivity index (χ2n) is 3.26. The molecule has 82 valence electrons. The fourth-order valence-corrected chi connectivity index (χ4v) is 1.72. The van der Waals surface area contributed by atoms with Crippen molar-refractivity contribution < 1.29 is 4.39 Å². The van der Waals surface area contributed by atoms with E-state index < -0.39 is 5.82 Å². The molecule has 1 N–H and O–H groups in total. The zero-order valence-corrected chi connectivity index (χ0v) is 10.5. The third-order valence-corrected chi connectivity index (χ3v) is 2.87. The lowest BCUT2D eigenvalue weighted by Gasteiger charge is -2.07. The molecule has 0 aliphatic rings. The Labute approximate surface area is 106 Å². The van der Waals surface area contributed by atoms with Gasteiger partial charge in [-0.25, -0.2) is 4.39 Å². The van der Waals surface area contributed by atoms with Crippen molar-refractivity contribution >= 4 is 38.9 Å². The van der Waals surface area contributed by atoms with Crippen LogP contribution in [0, 0.1) is 5.82 Å². The molecular weight excluding hydrogens is 292 g/mol. The summed E-state index contributed by atoms with van der Waals surface area (Å²) in [7, 11) is 0. The maximum Gasteiger partial charge on any atom is 0.141 e. The van der Waals surface area contributed by atoms with Crippen LogP contribution >= 0.6 is 27.5 Å². The van der Waals surface area contributed by atoms with Gasteiger partial charge in [0.1, 0.15) is 5.82 Å². The van der Waals surface area contributed by atoms with Crippen LogP contribution in [0.1, 0.15) is 0 Å². The Morgan fingerprint density at radius 2 is 1.62 bits per heavy atom. The maximum atomic E-state index is 12.9. The van der Waals surface area contributed by atoms with Gasteiger partial charge in [0.15, 0.2) is 0 Å². The number of benzene rings is 2. The fourth-order valence-electron chi connectivity index (χ4n) is 1.27. The van der Waals surface area contributed by atoms with Gasteiger partial charge in [0.05, 0.1) is 5.02 Å². The molecule has 4 heteroatoms. The van der Waals surface area contributed by atoms with Crippen LogP contribution in [0.15, 0.2) is 46.9 Å². The molecule has 0 amide bonds. The summed E-state index contributed by atoms with van der Waals surface area (Å²) in [6, 6.07) is 12.2. The van der Waals surface area contributed by atoms with Gasteiger partial charge < -0.3 is 5.32 Å². The fraction of sp³-hybridized carbons (Fsp3) is 0. The Hall–Kier alpha value is -1.06. The molecule has 1 nitrogen and oxygen atoms in total. The minimum absolute atomic E-state index is 0.113. The second kappa shape index (κ2) is 4.85. The van der Waals surface area contributed by atoms with Crippen molar-refractivity contribution in [2.75, 3.05) is 5.32 Å². The van der Waals surface area contributed by atoms with E-state index in [1.165, 1.54) is 6.07 Å². The molecule has 0 atom stereocenters. The zero-order chi connectivity index (χ0) is 11.5. The van der Waals surface area contributed by atoms with Crippen molar-refractivity contribution in [3.63, 3.8) is 0 Å². The first-order chi connectivity index (χ1) is 7.65. The molecule has 0 fully saturated rings. The van der Waals surface area contributed by atoms with E-state index in [1.54, 1.807) is 12.1 Å². The number of halogens is 3. The highest BCUT2D eigenvalue weighted by atomic mass is 79.9. The molecule has 0 bridgehead atoms. The van der Waals surface area contributed by atoms with Crippen LogP contribution in [0.4, 0.5) is 15.8 Å². The summed E-state index contributed by atoms with van der Waals surface area (Å²) in [6.45, 7) is 0. The van der Waals surface area contributed by atoms with Crippen LogP contribution in [0.5, 0.6) is 0 Å². The predicted octanol–water partition coefficient (Wildman–Crippen LogP) is 4.99. The van der Waals surface area contributed by atoms with Crippen LogP contribution in [0.2, 0.25) is 5.02 Å². The minimum Gasteiger partial charge on any atom is -0.355 e. The first kappa shape index (κ1) is 11.4. The van der Waals surface area contributed by atoms with Crippen molar-refractivity contribution in [2.24, 2.45) is 0 Å². The van der Waals surface area contributed by atoms with E-state index >= 15 is 0 Å². The van der Waals surface area contributed by atoms with Crippen molar-refractivity contribution in [3.8, 4) is 0 Å². The number of nitrogens with one attached hydrogen (secondary N) is 1. The molecule has 0 saturated heterocycles. The van der Waals surface area contributed by atoms with E-state index in [0.717, 1.165) is 15.8 Å².